The molecule has 0 amide bonds. The predicted octanol–water partition coefficient (Wildman–Crippen LogP) is 11.3. The van der Waals surface area contributed by atoms with Crippen LogP contribution < -0.4 is 0 Å². The Morgan fingerprint density at radius 1 is 0.513 bits per heavy atom. The van der Waals surface area contributed by atoms with E-state index in [-0.39, 0.29) is 6.10 Å². The second kappa shape index (κ2) is 35.9. The van der Waals surface area contributed by atoms with E-state index >= 15 is 0 Å². The molecule has 3 N–H and O–H groups in total. The first-order chi connectivity index (χ1) is 18.1. The maximum absolute atomic E-state index is 8.82. The van der Waals surface area contributed by atoms with Crippen LogP contribution in [0.2, 0.25) is 0 Å². The number of aliphatic hydroxyl groups is 3. The van der Waals surface area contributed by atoms with Gasteiger partial charge in [-0.25, -0.2) is 0 Å². The Balaban J connectivity index is -0.000000124. The Hall–Kier alpha value is -0.120. The topological polar surface area (TPSA) is 60.7 Å². The maximum Gasteiger partial charge on any atom is 0.0537 e. The molecular weight excluding hydrogens is 480 g/mol. The molecule has 0 aromatic carbocycles. The van der Waals surface area contributed by atoms with Crippen LogP contribution in [0.5, 0.6) is 0 Å². The van der Waals surface area contributed by atoms with E-state index in [2.05, 4.69) is 90.0 Å². The molecule has 0 aromatic heterocycles. The molecule has 0 saturated heterocycles. The average molecular weight is 563 g/mol. The second-order valence-corrected chi connectivity index (χ2v) is 13.0. The minimum absolute atomic E-state index is 0.134. The van der Waals surface area contributed by atoms with Crippen LogP contribution in [0.4, 0.5) is 0 Å². The molecular formula is C36H82O3. The van der Waals surface area contributed by atoms with Crippen LogP contribution in [0.1, 0.15) is 181 Å². The zero-order valence-corrected chi connectivity index (χ0v) is 30.2. The largest absolute Gasteiger partial charge is 0.396 e. The third-order valence-corrected chi connectivity index (χ3v) is 8.13. The Kier molecular flexibility index (Phi) is 44.7. The first kappa shape index (κ1) is 48.6. The zero-order chi connectivity index (χ0) is 31.9. The van der Waals surface area contributed by atoms with E-state index in [9.17, 15) is 0 Å². The highest BCUT2D eigenvalue weighted by Crippen LogP contribution is 2.25. The third kappa shape index (κ3) is 45.1. The van der Waals surface area contributed by atoms with Crippen molar-refractivity contribution in [1.29, 1.82) is 0 Å². The molecule has 3 nitrogen and oxygen atoms in total. The lowest BCUT2D eigenvalue weighted by Crippen LogP contribution is -2.12. The second-order valence-electron chi connectivity index (χ2n) is 13.0. The fourth-order valence-electron chi connectivity index (χ4n) is 3.85. The van der Waals surface area contributed by atoms with E-state index in [0.717, 1.165) is 24.7 Å². The Labute approximate surface area is 250 Å². The molecule has 0 saturated carbocycles. The van der Waals surface area contributed by atoms with Crippen molar-refractivity contribution in [3.05, 3.63) is 0 Å². The Bertz CT molecular complexity index is 386. The Morgan fingerprint density at radius 2 is 0.923 bits per heavy atom. The van der Waals surface area contributed by atoms with Crippen LogP contribution in [0.15, 0.2) is 0 Å². The van der Waals surface area contributed by atoms with E-state index in [1.807, 2.05) is 13.8 Å². The zero-order valence-electron chi connectivity index (χ0n) is 30.2. The number of rotatable bonds is 16. The van der Waals surface area contributed by atoms with E-state index in [1.54, 1.807) is 0 Å². The van der Waals surface area contributed by atoms with Crippen molar-refractivity contribution < 1.29 is 15.3 Å². The lowest BCUT2D eigenvalue weighted by atomic mass is 9.85. The van der Waals surface area contributed by atoms with Gasteiger partial charge in [-0.3, -0.25) is 0 Å². The number of hydrogen-bond donors (Lipinski definition) is 3. The van der Waals surface area contributed by atoms with Gasteiger partial charge in [-0.05, 0) is 54.8 Å². The standard InChI is InChI=1S/C8H18O.C8H18.C7H16O.C7H16.C6H14O/c1-4-5-8(2,3)6-7-9;1-4-6-8(3)7-5-2;1-4-6(2)7(3)5-8;1-4-6-7(3)5-2;1-4-5(2)6(3)7/h9H,4-7H2,1-3H3;8H,4-7H2,1-3H3;6-8H,4-5H2,1-3H3;7H,4-6H2,1-3H3;5-7H,4H2,1-3H3/t;;6-,7?;7-;5?,6-/m..111/s1. The van der Waals surface area contributed by atoms with Gasteiger partial charge in [0.25, 0.3) is 0 Å². The van der Waals surface area contributed by atoms with E-state index in [4.69, 9.17) is 15.3 Å². The molecule has 0 aromatic rings. The summed E-state index contributed by atoms with van der Waals surface area (Å²) >= 11 is 0. The summed E-state index contributed by atoms with van der Waals surface area (Å²) in [5.74, 6) is 3.51. The number of aliphatic hydroxyl groups excluding tert-OH is 3. The molecule has 3 heteroatoms. The minimum atomic E-state index is -0.134. The van der Waals surface area contributed by atoms with Gasteiger partial charge >= 0.3 is 0 Å². The summed E-state index contributed by atoms with van der Waals surface area (Å²) in [5.41, 5.74) is 0.351. The fraction of sp³-hybridized carbons (Fsp3) is 1.00. The Morgan fingerprint density at radius 3 is 1.10 bits per heavy atom. The van der Waals surface area contributed by atoms with Crippen LogP contribution in [0.3, 0.4) is 0 Å². The molecule has 0 bridgehead atoms. The molecule has 0 heterocycles. The molecule has 0 radical (unpaired) electrons. The van der Waals surface area contributed by atoms with Crippen molar-refractivity contribution in [2.24, 2.45) is 35.0 Å². The van der Waals surface area contributed by atoms with Crippen LogP contribution in [0, 0.1) is 35.0 Å². The summed E-state index contributed by atoms with van der Waals surface area (Å²) in [7, 11) is 0. The van der Waals surface area contributed by atoms with E-state index < -0.39 is 0 Å². The highest BCUT2D eigenvalue weighted by atomic mass is 16.3. The third-order valence-electron chi connectivity index (χ3n) is 8.13. The van der Waals surface area contributed by atoms with Crippen LogP contribution >= 0.6 is 0 Å². The molecule has 244 valence electrons. The highest BCUT2D eigenvalue weighted by molar-refractivity contribution is 4.66. The van der Waals surface area contributed by atoms with Crippen molar-refractivity contribution >= 4 is 0 Å². The van der Waals surface area contributed by atoms with Crippen molar-refractivity contribution in [3.8, 4) is 0 Å². The smallest absolute Gasteiger partial charge is 0.0537 e. The van der Waals surface area contributed by atoms with Crippen molar-refractivity contribution in [3.63, 3.8) is 0 Å². The first-order valence-corrected chi connectivity index (χ1v) is 17.0. The first-order valence-electron chi connectivity index (χ1n) is 17.0. The molecule has 39 heavy (non-hydrogen) atoms. The van der Waals surface area contributed by atoms with Crippen molar-refractivity contribution in [2.75, 3.05) is 13.2 Å². The monoisotopic (exact) mass is 563 g/mol. The molecule has 2 unspecified atom stereocenters. The molecule has 0 rings (SSSR count). The average Bonchev–Trinajstić information content (AvgIpc) is 2.88. The van der Waals surface area contributed by atoms with Gasteiger partial charge in [0, 0.05) is 13.2 Å². The quantitative estimate of drug-likeness (QED) is 0.175. The highest BCUT2D eigenvalue weighted by Gasteiger charge is 2.14. The van der Waals surface area contributed by atoms with Crippen LogP contribution in [-0.2, 0) is 0 Å². The van der Waals surface area contributed by atoms with Crippen molar-refractivity contribution in [2.45, 2.75) is 187 Å². The van der Waals surface area contributed by atoms with Crippen molar-refractivity contribution in [1.82, 2.24) is 0 Å². The van der Waals surface area contributed by atoms with Crippen LogP contribution in [-0.4, -0.2) is 34.6 Å². The summed E-state index contributed by atoms with van der Waals surface area (Å²) in [6.07, 6.45) is 15.1. The maximum atomic E-state index is 8.82. The minimum Gasteiger partial charge on any atom is -0.396 e. The van der Waals surface area contributed by atoms with Gasteiger partial charge in [-0.2, -0.15) is 0 Å². The van der Waals surface area contributed by atoms with Gasteiger partial charge in [0.1, 0.15) is 0 Å². The summed E-state index contributed by atoms with van der Waals surface area (Å²) in [6.45, 7) is 33.2. The molecule has 0 aliphatic rings. The van der Waals surface area contributed by atoms with Gasteiger partial charge in [0.05, 0.1) is 6.10 Å². The van der Waals surface area contributed by atoms with Gasteiger partial charge in [-0.15, -0.1) is 0 Å². The fourth-order valence-corrected chi connectivity index (χ4v) is 3.85. The summed E-state index contributed by atoms with van der Waals surface area (Å²) in [5, 5.41) is 26.1. The van der Waals surface area contributed by atoms with Crippen LogP contribution in [0.25, 0.3) is 0 Å². The van der Waals surface area contributed by atoms with E-state index in [0.29, 0.717) is 36.4 Å². The van der Waals surface area contributed by atoms with Gasteiger partial charge in [-0.1, -0.05) is 161 Å². The van der Waals surface area contributed by atoms with Gasteiger partial charge < -0.3 is 15.3 Å². The SMILES string of the molecule is CCC(C)[C@@H](C)O.CCCC(C)(C)CCO.CCCC(C)CCC.CCC[C@H](C)CC.CC[C@@H](C)C(C)CO. The molecule has 0 aliphatic carbocycles. The molecule has 0 fully saturated rings. The van der Waals surface area contributed by atoms with Gasteiger partial charge in [0.15, 0.2) is 0 Å². The molecule has 0 spiro atoms. The summed E-state index contributed by atoms with van der Waals surface area (Å²) in [6, 6.07) is 0. The normalized spacial score (nSPS) is 14.5. The predicted molar refractivity (Wildman–Crippen MR) is 181 cm³/mol. The summed E-state index contributed by atoms with van der Waals surface area (Å²) in [4.78, 5) is 0. The lowest BCUT2D eigenvalue weighted by molar-refractivity contribution is 0.133. The van der Waals surface area contributed by atoms with Gasteiger partial charge in [0.2, 0.25) is 0 Å². The number of hydrogen-bond acceptors (Lipinski definition) is 3. The summed E-state index contributed by atoms with van der Waals surface area (Å²) < 4.78 is 0. The molecule has 0 aliphatic heterocycles. The lowest BCUT2D eigenvalue weighted by Gasteiger charge is -2.21. The van der Waals surface area contributed by atoms with E-state index in [1.165, 1.54) is 64.2 Å². The molecule has 5 atom stereocenters.